The third-order valence-corrected chi connectivity index (χ3v) is 1.15. The van der Waals surface area contributed by atoms with Gasteiger partial charge in [0.15, 0.2) is 5.76 Å². The van der Waals surface area contributed by atoms with Crippen LogP contribution in [0.4, 0.5) is 17.6 Å². The van der Waals surface area contributed by atoms with E-state index in [0.29, 0.717) is 6.92 Å². The molecule has 0 spiro atoms. The highest BCUT2D eigenvalue weighted by Crippen LogP contribution is 2.22. The zero-order chi connectivity index (χ0) is 10.9. The molecule has 0 aliphatic heterocycles. The summed E-state index contributed by atoms with van der Waals surface area (Å²) in [7, 11) is 0. The van der Waals surface area contributed by atoms with Crippen molar-refractivity contribution in [1.29, 1.82) is 0 Å². The van der Waals surface area contributed by atoms with Crippen LogP contribution in [0, 0.1) is 0 Å². The average Bonchev–Trinajstić information content (AvgIpc) is 1.82. The van der Waals surface area contributed by atoms with Gasteiger partial charge in [-0.25, -0.2) is 0 Å². The molecule has 1 N–H and O–H groups in total. The van der Waals surface area contributed by atoms with Crippen LogP contribution in [-0.2, 0) is 4.79 Å². The lowest BCUT2D eigenvalue weighted by atomic mass is 10.2. The minimum Gasteiger partial charge on any atom is -0.506 e. The third-order valence-electron chi connectivity index (χ3n) is 1.15. The van der Waals surface area contributed by atoms with Crippen LogP contribution in [0.2, 0.25) is 0 Å². The minimum absolute atomic E-state index is 0.167. The summed E-state index contributed by atoms with van der Waals surface area (Å²) in [4.78, 5) is 10.4. The van der Waals surface area contributed by atoms with E-state index in [0.717, 1.165) is 0 Å². The molecule has 0 amide bonds. The molecule has 0 saturated heterocycles. The summed E-state index contributed by atoms with van der Waals surface area (Å²) in [6, 6.07) is 0. The molecule has 0 aliphatic rings. The smallest absolute Gasteiger partial charge is 0.306 e. The van der Waals surface area contributed by atoms with E-state index in [1.807, 2.05) is 0 Å². The third kappa shape index (κ3) is 3.91. The van der Waals surface area contributed by atoms with E-state index in [4.69, 9.17) is 5.11 Å². The Morgan fingerprint density at radius 1 is 1.15 bits per heavy atom. The number of aliphatic hydroxyl groups excluding tert-OH is 1. The number of hydrogen-bond acceptors (Lipinski definition) is 2. The van der Waals surface area contributed by atoms with Crippen LogP contribution >= 0.6 is 0 Å². The second kappa shape index (κ2) is 3.35. The van der Waals surface area contributed by atoms with Gasteiger partial charge in [0.1, 0.15) is 0 Å². The maximum absolute atomic E-state index is 12.1. The lowest BCUT2D eigenvalue weighted by Crippen LogP contribution is -2.24. The molecule has 2 nitrogen and oxygen atoms in total. The van der Waals surface area contributed by atoms with Gasteiger partial charge in [0.2, 0.25) is 5.78 Å². The number of carbonyl (C=O) groups is 1. The van der Waals surface area contributed by atoms with Crippen LogP contribution in [0.25, 0.3) is 0 Å². The van der Waals surface area contributed by atoms with E-state index in [9.17, 15) is 22.4 Å². The Balaban J connectivity index is 4.70. The second-order valence-electron chi connectivity index (χ2n) is 2.67. The van der Waals surface area contributed by atoms with E-state index in [1.54, 1.807) is 0 Å². The highest BCUT2D eigenvalue weighted by Gasteiger charge is 2.34. The fourth-order valence-corrected chi connectivity index (χ4v) is 0.378. The van der Waals surface area contributed by atoms with Crippen molar-refractivity contribution in [2.75, 3.05) is 0 Å². The number of halogens is 4. The molecule has 0 unspecified atom stereocenters. The first kappa shape index (κ1) is 11.9. The molecule has 0 aromatic heterocycles. The molecule has 0 aliphatic carbocycles. The highest BCUT2D eigenvalue weighted by molar-refractivity contribution is 5.95. The van der Waals surface area contributed by atoms with Gasteiger partial charge in [-0.3, -0.25) is 4.79 Å². The average molecular weight is 200 g/mol. The summed E-state index contributed by atoms with van der Waals surface area (Å²) >= 11 is 0. The van der Waals surface area contributed by atoms with E-state index in [1.165, 1.54) is 0 Å². The molecule has 0 bridgehead atoms. The van der Waals surface area contributed by atoms with Crippen LogP contribution in [-0.4, -0.2) is 22.7 Å². The lowest BCUT2D eigenvalue weighted by Gasteiger charge is -2.10. The van der Waals surface area contributed by atoms with Crippen LogP contribution in [0.15, 0.2) is 11.8 Å². The van der Waals surface area contributed by atoms with Gasteiger partial charge < -0.3 is 5.11 Å². The summed E-state index contributed by atoms with van der Waals surface area (Å²) in [5, 5.41) is 8.48. The topological polar surface area (TPSA) is 37.3 Å². The molecule has 0 radical (unpaired) electrons. The Labute approximate surface area is 71.9 Å². The van der Waals surface area contributed by atoms with E-state index in [2.05, 4.69) is 0 Å². The van der Waals surface area contributed by atoms with Crippen LogP contribution < -0.4 is 0 Å². The molecule has 0 rings (SSSR count). The van der Waals surface area contributed by atoms with E-state index in [-0.39, 0.29) is 13.0 Å². The van der Waals surface area contributed by atoms with Gasteiger partial charge in [0.25, 0.3) is 0 Å². The van der Waals surface area contributed by atoms with Crippen molar-refractivity contribution in [3.05, 3.63) is 11.8 Å². The van der Waals surface area contributed by atoms with E-state index < -0.39 is 23.4 Å². The molecule has 0 atom stereocenters. The predicted octanol–water partition coefficient (Wildman–Crippen LogP) is 2.31. The normalized spacial score (nSPS) is 14.5. The van der Waals surface area contributed by atoms with Crippen molar-refractivity contribution in [3.63, 3.8) is 0 Å². The number of allylic oxidation sites excluding steroid dienone is 2. The number of aliphatic hydroxyl groups is 1. The molecule has 13 heavy (non-hydrogen) atoms. The van der Waals surface area contributed by atoms with Crippen LogP contribution in [0.5, 0.6) is 0 Å². The molecule has 6 heteroatoms. The number of hydrogen-bond donors (Lipinski definition) is 1. The first-order chi connectivity index (χ1) is 5.55. The predicted molar refractivity (Wildman–Crippen MR) is 37.0 cm³/mol. The SMILES string of the molecule is CC(F)(F)C(=O)C=C(O)C(C)(F)F. The first-order valence-corrected chi connectivity index (χ1v) is 3.26. The summed E-state index contributed by atoms with van der Waals surface area (Å²) in [5.74, 6) is -11.0. The van der Waals surface area contributed by atoms with Crippen molar-refractivity contribution < 1.29 is 27.5 Å². The molecule has 0 fully saturated rings. The standard InChI is InChI=1S/C7H8F4O2/c1-6(8,9)4(12)3-5(13)7(2,10)11/h3,12H,1-2H3. The Kier molecular flexibility index (Phi) is 3.08. The van der Waals surface area contributed by atoms with Gasteiger partial charge in [0, 0.05) is 19.9 Å². The van der Waals surface area contributed by atoms with Crippen molar-refractivity contribution >= 4 is 5.78 Å². The Hall–Kier alpha value is -1.07. The molecule has 0 aromatic rings. The Bertz CT molecular complexity index is 234. The summed E-state index contributed by atoms with van der Waals surface area (Å²) < 4.78 is 48.5. The van der Waals surface area contributed by atoms with Crippen molar-refractivity contribution in [1.82, 2.24) is 0 Å². The number of alkyl halides is 4. The largest absolute Gasteiger partial charge is 0.506 e. The lowest BCUT2D eigenvalue weighted by molar-refractivity contribution is -0.135. The maximum Gasteiger partial charge on any atom is 0.306 e. The molecular weight excluding hydrogens is 192 g/mol. The van der Waals surface area contributed by atoms with Crippen LogP contribution in [0.3, 0.4) is 0 Å². The second-order valence-corrected chi connectivity index (χ2v) is 2.67. The highest BCUT2D eigenvalue weighted by atomic mass is 19.3. The summed E-state index contributed by atoms with van der Waals surface area (Å²) in [6.45, 7) is 0.548. The van der Waals surface area contributed by atoms with Gasteiger partial charge in [-0.15, -0.1) is 0 Å². The van der Waals surface area contributed by atoms with Crippen molar-refractivity contribution in [2.24, 2.45) is 0 Å². The van der Waals surface area contributed by atoms with Crippen molar-refractivity contribution in [3.8, 4) is 0 Å². The Morgan fingerprint density at radius 3 is 1.77 bits per heavy atom. The van der Waals surface area contributed by atoms with Gasteiger partial charge >= 0.3 is 11.8 Å². The maximum atomic E-state index is 12.1. The van der Waals surface area contributed by atoms with E-state index >= 15 is 0 Å². The number of ketones is 1. The van der Waals surface area contributed by atoms with Gasteiger partial charge in [-0.05, 0) is 0 Å². The molecule has 0 aromatic carbocycles. The molecule has 0 saturated carbocycles. The fourth-order valence-electron chi connectivity index (χ4n) is 0.378. The first-order valence-electron chi connectivity index (χ1n) is 3.26. The van der Waals surface area contributed by atoms with Gasteiger partial charge in [-0.1, -0.05) is 0 Å². The number of rotatable bonds is 3. The van der Waals surface area contributed by atoms with Gasteiger partial charge in [0.05, 0.1) is 0 Å². The molecule has 76 valence electrons. The number of carbonyl (C=O) groups excluding carboxylic acids is 1. The zero-order valence-electron chi connectivity index (χ0n) is 6.94. The monoisotopic (exact) mass is 200 g/mol. The summed E-state index contributed by atoms with van der Waals surface area (Å²) in [6.07, 6.45) is -0.167. The van der Waals surface area contributed by atoms with Gasteiger partial charge in [-0.2, -0.15) is 17.6 Å². The van der Waals surface area contributed by atoms with Crippen molar-refractivity contribution in [2.45, 2.75) is 25.7 Å². The Morgan fingerprint density at radius 2 is 1.54 bits per heavy atom. The minimum atomic E-state index is -3.75. The molecule has 0 heterocycles. The van der Waals surface area contributed by atoms with Crippen LogP contribution in [0.1, 0.15) is 13.8 Å². The quantitative estimate of drug-likeness (QED) is 0.431. The molecular formula is C7H8F4O2. The fraction of sp³-hybridized carbons (Fsp3) is 0.571. The summed E-state index contributed by atoms with van der Waals surface area (Å²) in [5.41, 5.74) is 0. The zero-order valence-corrected chi connectivity index (χ0v) is 6.94.